The maximum Gasteiger partial charge on any atom is 0.262 e. The number of hydrazone groups is 1. The second kappa shape index (κ2) is 9.88. The van der Waals surface area contributed by atoms with Gasteiger partial charge in [-0.15, -0.1) is 0 Å². The molecule has 0 bridgehead atoms. The van der Waals surface area contributed by atoms with E-state index < -0.39 is 5.25 Å². The molecule has 1 N–H and O–H groups in total. The Bertz CT molecular complexity index is 1300. The van der Waals surface area contributed by atoms with Gasteiger partial charge in [0.05, 0.1) is 11.8 Å². The number of rotatable bonds is 5. The van der Waals surface area contributed by atoms with Crippen molar-refractivity contribution in [3.8, 4) is 0 Å². The summed E-state index contributed by atoms with van der Waals surface area (Å²) in [6.45, 7) is 4.05. The van der Waals surface area contributed by atoms with Gasteiger partial charge in [-0.25, -0.2) is 5.01 Å². The van der Waals surface area contributed by atoms with E-state index in [1.54, 1.807) is 0 Å². The monoisotopic (exact) mass is 482 g/mol. The molecule has 2 aliphatic heterocycles. The first kappa shape index (κ1) is 23.1. The summed E-state index contributed by atoms with van der Waals surface area (Å²) in [6.07, 6.45) is 0.766. The second-order valence-corrected chi connectivity index (χ2v) is 10.0. The van der Waals surface area contributed by atoms with Crippen molar-refractivity contribution in [3.05, 3.63) is 101 Å². The minimum Gasteiger partial charge on any atom is -0.326 e. The van der Waals surface area contributed by atoms with Crippen molar-refractivity contribution in [1.82, 2.24) is 5.01 Å². The molecule has 3 aromatic carbocycles. The van der Waals surface area contributed by atoms with Crippen LogP contribution in [0.5, 0.6) is 0 Å². The van der Waals surface area contributed by atoms with E-state index in [-0.39, 0.29) is 24.3 Å². The Balaban J connectivity index is 1.33. The Morgan fingerprint density at radius 3 is 2.31 bits per heavy atom. The summed E-state index contributed by atoms with van der Waals surface area (Å²) in [7, 11) is 0. The lowest BCUT2D eigenvalue weighted by molar-refractivity contribution is -0.121. The lowest BCUT2D eigenvalue weighted by atomic mass is 9.98. The molecule has 6 nitrogen and oxygen atoms in total. The topological polar surface area (TPSA) is 74.1 Å². The van der Waals surface area contributed by atoms with Gasteiger partial charge in [0.2, 0.25) is 5.91 Å². The number of hydrogen-bond donors (Lipinski definition) is 1. The fourth-order valence-electron chi connectivity index (χ4n) is 4.16. The van der Waals surface area contributed by atoms with Gasteiger partial charge in [-0.2, -0.15) is 10.1 Å². The molecule has 0 saturated heterocycles. The molecule has 2 heterocycles. The van der Waals surface area contributed by atoms with Crippen molar-refractivity contribution in [1.29, 1.82) is 0 Å². The fraction of sp³-hybridized carbons (Fsp3) is 0.214. The highest BCUT2D eigenvalue weighted by Crippen LogP contribution is 2.38. The lowest BCUT2D eigenvalue weighted by Gasteiger charge is -2.23. The normalized spacial score (nSPS) is 19.5. The Kier molecular flexibility index (Phi) is 6.51. The molecule has 3 aromatic rings. The number of aliphatic imine (C=N–C) groups is 1. The van der Waals surface area contributed by atoms with Gasteiger partial charge < -0.3 is 5.32 Å². The first-order valence-electron chi connectivity index (χ1n) is 11.6. The molecule has 0 unspecified atom stereocenters. The molecule has 5 rings (SSSR count). The predicted molar refractivity (Wildman–Crippen MR) is 142 cm³/mol. The zero-order valence-corrected chi connectivity index (χ0v) is 20.5. The number of benzene rings is 3. The number of anilines is 1. The number of hydrogen-bond acceptors (Lipinski definition) is 5. The summed E-state index contributed by atoms with van der Waals surface area (Å²) in [4.78, 5) is 29.7. The first-order valence-corrected chi connectivity index (χ1v) is 12.5. The van der Waals surface area contributed by atoms with Gasteiger partial charge >= 0.3 is 0 Å². The Morgan fingerprint density at radius 1 is 0.971 bits per heavy atom. The Hall–Kier alpha value is -3.71. The third-order valence-corrected chi connectivity index (χ3v) is 7.25. The van der Waals surface area contributed by atoms with E-state index >= 15 is 0 Å². The van der Waals surface area contributed by atoms with Crippen LogP contribution in [0.25, 0.3) is 0 Å². The molecule has 176 valence electrons. The number of amidine groups is 1. The smallest absolute Gasteiger partial charge is 0.262 e. The molecule has 0 spiro atoms. The molecule has 2 aliphatic rings. The highest BCUT2D eigenvalue weighted by molar-refractivity contribution is 8.15. The van der Waals surface area contributed by atoms with Crippen LogP contribution >= 0.6 is 11.8 Å². The number of carbonyl (C=O) groups is 2. The number of carbonyl (C=O) groups excluding carboxylic acids is 2. The zero-order valence-electron chi connectivity index (χ0n) is 19.6. The third kappa shape index (κ3) is 5.20. The average Bonchev–Trinajstić information content (AvgIpc) is 3.46. The fourth-order valence-corrected chi connectivity index (χ4v) is 5.23. The number of thioether (sulfide) groups is 1. The zero-order chi connectivity index (χ0) is 24.4. The number of nitrogens with one attached hydrogen (secondary N) is 1. The van der Waals surface area contributed by atoms with E-state index in [9.17, 15) is 9.59 Å². The molecule has 0 fully saturated rings. The van der Waals surface area contributed by atoms with Crippen molar-refractivity contribution < 1.29 is 9.59 Å². The van der Waals surface area contributed by atoms with E-state index in [0.717, 1.165) is 22.4 Å². The van der Waals surface area contributed by atoms with Crippen LogP contribution in [0, 0.1) is 13.8 Å². The van der Waals surface area contributed by atoms with Crippen LogP contribution in [0.2, 0.25) is 0 Å². The maximum absolute atomic E-state index is 12.7. The van der Waals surface area contributed by atoms with E-state index in [0.29, 0.717) is 17.3 Å². The van der Waals surface area contributed by atoms with Crippen LogP contribution in [0.3, 0.4) is 0 Å². The van der Waals surface area contributed by atoms with Crippen molar-refractivity contribution in [3.63, 3.8) is 0 Å². The molecule has 7 heteroatoms. The van der Waals surface area contributed by atoms with Crippen LogP contribution in [-0.4, -0.2) is 33.0 Å². The summed E-state index contributed by atoms with van der Waals surface area (Å²) in [5.74, 6) is -0.504. The van der Waals surface area contributed by atoms with E-state index in [4.69, 9.17) is 5.10 Å². The van der Waals surface area contributed by atoms with E-state index in [1.165, 1.54) is 17.3 Å². The van der Waals surface area contributed by atoms with Crippen molar-refractivity contribution in [2.45, 2.75) is 38.0 Å². The number of nitrogens with zero attached hydrogens (tertiary/aromatic N) is 3. The van der Waals surface area contributed by atoms with Crippen LogP contribution in [0.15, 0.2) is 89.0 Å². The molecular formula is C28H26N4O2S. The molecule has 0 saturated carbocycles. The van der Waals surface area contributed by atoms with Gasteiger partial charge in [0.25, 0.3) is 5.91 Å². The summed E-state index contributed by atoms with van der Waals surface area (Å²) < 4.78 is 0. The van der Waals surface area contributed by atoms with Gasteiger partial charge in [0.1, 0.15) is 5.25 Å². The third-order valence-electron chi connectivity index (χ3n) is 6.11. The predicted octanol–water partition coefficient (Wildman–Crippen LogP) is 5.48. The van der Waals surface area contributed by atoms with E-state index in [1.807, 2.05) is 54.4 Å². The maximum atomic E-state index is 12.7. The molecule has 2 amide bonds. The molecule has 0 aromatic heterocycles. The minimum absolute atomic E-state index is 0.0583. The summed E-state index contributed by atoms with van der Waals surface area (Å²) in [6, 6.07) is 26.0. The second-order valence-electron chi connectivity index (χ2n) is 8.85. The largest absolute Gasteiger partial charge is 0.326 e. The quantitative estimate of drug-likeness (QED) is 0.523. The van der Waals surface area contributed by atoms with Gasteiger partial charge in [-0.3, -0.25) is 9.59 Å². The SMILES string of the molecule is Cc1ccc(NC(=O)C[C@@H]2SC(N3N=C(c4ccc(C)cc4)C[C@@H]3c3ccccc3)=NC2=O)cc1. The molecule has 0 aliphatic carbocycles. The average molecular weight is 483 g/mol. The first-order chi connectivity index (χ1) is 17.0. The standard InChI is InChI=1S/C28H26N4O2S/c1-18-8-12-20(13-9-18)23-16-24(21-6-4-3-5-7-21)32(31-23)28-30-27(34)25(35-28)17-26(33)29-22-14-10-19(2)11-15-22/h3-15,24-25H,16-17H2,1-2H3,(H,29,33)/t24-,25+/m1/s1. The van der Waals surface area contributed by atoms with E-state index in [2.05, 4.69) is 53.6 Å². The molecule has 35 heavy (non-hydrogen) atoms. The van der Waals surface area contributed by atoms with Crippen LogP contribution < -0.4 is 5.32 Å². The summed E-state index contributed by atoms with van der Waals surface area (Å²) >= 11 is 1.31. The lowest BCUT2D eigenvalue weighted by Crippen LogP contribution is -2.25. The molecular weight excluding hydrogens is 456 g/mol. The highest BCUT2D eigenvalue weighted by Gasteiger charge is 2.39. The Morgan fingerprint density at radius 2 is 1.63 bits per heavy atom. The van der Waals surface area contributed by atoms with Crippen molar-refractivity contribution >= 4 is 40.1 Å². The number of aryl methyl sites for hydroxylation is 2. The summed E-state index contributed by atoms with van der Waals surface area (Å²) in [5, 5.41) is 9.60. The van der Waals surface area contributed by atoms with Crippen LogP contribution in [-0.2, 0) is 9.59 Å². The molecule has 0 radical (unpaired) electrons. The minimum atomic E-state index is -0.564. The van der Waals surface area contributed by atoms with Gasteiger partial charge in [0.15, 0.2) is 5.17 Å². The van der Waals surface area contributed by atoms with Crippen LogP contribution in [0.4, 0.5) is 5.69 Å². The Labute approximate surface area is 209 Å². The van der Waals surface area contributed by atoms with Crippen LogP contribution in [0.1, 0.15) is 41.1 Å². The van der Waals surface area contributed by atoms with Crippen molar-refractivity contribution in [2.75, 3.05) is 5.32 Å². The van der Waals surface area contributed by atoms with Gasteiger partial charge in [-0.05, 0) is 37.1 Å². The van der Waals surface area contributed by atoms with Crippen molar-refractivity contribution in [2.24, 2.45) is 10.1 Å². The van der Waals surface area contributed by atoms with Gasteiger partial charge in [-0.1, -0.05) is 89.6 Å². The highest BCUT2D eigenvalue weighted by atomic mass is 32.2. The molecule has 2 atom stereocenters. The number of amides is 2. The van der Waals surface area contributed by atoms with Gasteiger partial charge in [0, 0.05) is 18.5 Å². The summed E-state index contributed by atoms with van der Waals surface area (Å²) in [5.41, 5.74) is 6.14.